The first kappa shape index (κ1) is 13.0. The highest BCUT2D eigenvalue weighted by molar-refractivity contribution is 5.42. The van der Waals surface area contributed by atoms with Gasteiger partial charge >= 0.3 is 0 Å². The Balaban J connectivity index is 2.04. The summed E-state index contributed by atoms with van der Waals surface area (Å²) in [4.78, 5) is 0. The molecule has 0 saturated heterocycles. The van der Waals surface area contributed by atoms with Crippen molar-refractivity contribution in [2.45, 2.75) is 39.3 Å². The number of ether oxygens (including phenoxy) is 2. The van der Waals surface area contributed by atoms with Crippen LogP contribution >= 0.6 is 0 Å². The molecule has 0 aromatic carbocycles. The molecule has 0 fully saturated rings. The summed E-state index contributed by atoms with van der Waals surface area (Å²) in [6.45, 7) is 4.35. The van der Waals surface area contributed by atoms with Crippen LogP contribution in [0.4, 0.5) is 0 Å². The molecular weight excluding hydrogens is 226 g/mol. The predicted octanol–water partition coefficient (Wildman–Crippen LogP) is 3.37. The van der Waals surface area contributed by atoms with Crippen molar-refractivity contribution in [1.29, 1.82) is 0 Å². The Labute approximate surface area is 109 Å². The first-order valence-electron chi connectivity index (χ1n) is 6.56. The van der Waals surface area contributed by atoms with Crippen LogP contribution in [0.25, 0.3) is 0 Å². The van der Waals surface area contributed by atoms with Crippen molar-refractivity contribution in [3.63, 3.8) is 0 Å². The minimum atomic E-state index is -0.277. The Bertz CT molecular complexity index is 418. The van der Waals surface area contributed by atoms with E-state index in [0.29, 0.717) is 5.92 Å². The zero-order valence-corrected chi connectivity index (χ0v) is 11.1. The van der Waals surface area contributed by atoms with E-state index in [-0.39, 0.29) is 6.23 Å². The van der Waals surface area contributed by atoms with E-state index in [0.717, 1.165) is 36.4 Å². The van der Waals surface area contributed by atoms with Gasteiger partial charge < -0.3 is 9.47 Å². The van der Waals surface area contributed by atoms with Gasteiger partial charge in [-0.2, -0.15) is 0 Å². The molecule has 0 amide bonds. The summed E-state index contributed by atoms with van der Waals surface area (Å²) in [5, 5.41) is 0. The molecule has 3 nitrogen and oxygen atoms in total. The lowest BCUT2D eigenvalue weighted by Crippen LogP contribution is -2.26. The Morgan fingerprint density at radius 1 is 1.50 bits per heavy atom. The molecule has 0 saturated carbocycles. The Morgan fingerprint density at radius 3 is 3.11 bits per heavy atom. The number of allylic oxidation sites excluding steroid dienone is 5. The van der Waals surface area contributed by atoms with Crippen LogP contribution < -0.4 is 5.73 Å². The number of hydrogen-bond donors (Lipinski definition) is 1. The van der Waals surface area contributed by atoms with Gasteiger partial charge in [0.25, 0.3) is 0 Å². The van der Waals surface area contributed by atoms with E-state index >= 15 is 0 Å². The molecule has 0 bridgehead atoms. The molecule has 0 aromatic rings. The molecule has 2 aliphatic rings. The summed E-state index contributed by atoms with van der Waals surface area (Å²) in [6.07, 6.45) is 12.2. The molecule has 3 heteroatoms. The predicted molar refractivity (Wildman–Crippen MR) is 72.2 cm³/mol. The van der Waals surface area contributed by atoms with E-state index < -0.39 is 0 Å². The highest BCUT2D eigenvalue weighted by atomic mass is 16.5. The van der Waals surface area contributed by atoms with Gasteiger partial charge in [0, 0.05) is 12.0 Å². The molecule has 2 rings (SSSR count). The van der Waals surface area contributed by atoms with E-state index in [1.165, 1.54) is 0 Å². The van der Waals surface area contributed by atoms with Crippen LogP contribution in [0.3, 0.4) is 0 Å². The van der Waals surface area contributed by atoms with E-state index in [4.69, 9.17) is 15.2 Å². The Hall–Kier alpha value is -1.48. The number of hydrogen-bond acceptors (Lipinski definition) is 3. The third-order valence-electron chi connectivity index (χ3n) is 3.29. The highest BCUT2D eigenvalue weighted by Crippen LogP contribution is 2.29. The van der Waals surface area contributed by atoms with Gasteiger partial charge in [-0.1, -0.05) is 32.4 Å². The first-order valence-corrected chi connectivity index (χ1v) is 6.56. The third kappa shape index (κ3) is 3.05. The van der Waals surface area contributed by atoms with Crippen LogP contribution in [0.5, 0.6) is 0 Å². The summed E-state index contributed by atoms with van der Waals surface area (Å²) in [5.74, 6) is 2.12. The fraction of sp³-hybridized carbons (Fsp3) is 0.467. The van der Waals surface area contributed by atoms with Gasteiger partial charge in [0.05, 0.1) is 6.26 Å². The highest BCUT2D eigenvalue weighted by Gasteiger charge is 2.20. The summed E-state index contributed by atoms with van der Waals surface area (Å²) in [6, 6.07) is 0. The summed E-state index contributed by atoms with van der Waals surface area (Å²) < 4.78 is 11.3. The van der Waals surface area contributed by atoms with Gasteiger partial charge in [-0.05, 0) is 24.5 Å². The maximum atomic E-state index is 6.02. The molecular formula is C15H21NO2. The fourth-order valence-corrected chi connectivity index (χ4v) is 2.03. The maximum Gasteiger partial charge on any atom is 0.171 e. The van der Waals surface area contributed by atoms with Crippen molar-refractivity contribution in [1.82, 2.24) is 0 Å². The zero-order valence-electron chi connectivity index (χ0n) is 11.1. The first-order chi connectivity index (χ1) is 8.70. The molecule has 0 aromatic heterocycles. The molecule has 1 heterocycles. The molecule has 1 aliphatic carbocycles. The van der Waals surface area contributed by atoms with E-state index in [2.05, 4.69) is 19.9 Å². The van der Waals surface area contributed by atoms with Gasteiger partial charge in [0.15, 0.2) is 11.5 Å². The van der Waals surface area contributed by atoms with Crippen molar-refractivity contribution in [3.05, 3.63) is 47.7 Å². The molecule has 2 unspecified atom stereocenters. The van der Waals surface area contributed by atoms with Crippen molar-refractivity contribution >= 4 is 0 Å². The third-order valence-corrected chi connectivity index (χ3v) is 3.29. The Kier molecular flexibility index (Phi) is 4.26. The van der Waals surface area contributed by atoms with Crippen molar-refractivity contribution in [3.8, 4) is 0 Å². The van der Waals surface area contributed by atoms with Gasteiger partial charge in [-0.25, -0.2) is 0 Å². The smallest absolute Gasteiger partial charge is 0.171 e. The van der Waals surface area contributed by atoms with Crippen LogP contribution in [-0.4, -0.2) is 6.23 Å². The number of rotatable bonds is 5. The maximum absolute atomic E-state index is 6.02. The molecule has 98 valence electrons. The normalized spacial score (nSPS) is 20.9. The lowest BCUT2D eigenvalue weighted by atomic mass is 10.0. The molecule has 2 N–H and O–H groups in total. The minimum Gasteiger partial charge on any atom is -0.472 e. The van der Waals surface area contributed by atoms with Crippen LogP contribution in [0.2, 0.25) is 0 Å². The number of fused-ring (bicyclic) bond motifs is 1. The summed E-state index contributed by atoms with van der Waals surface area (Å²) in [7, 11) is 0. The van der Waals surface area contributed by atoms with E-state index in [1.807, 2.05) is 18.2 Å². The standard InChI is InChI=1S/C15H21NO2/c1-3-11(2)10-14(16)18-13-8-4-6-12-7-5-9-17-15(12)13/h4-5,7-9,11,14H,3,6,10,16H2,1-2H3. The second kappa shape index (κ2) is 5.91. The average Bonchev–Trinajstić information content (AvgIpc) is 2.39. The molecule has 2 atom stereocenters. The van der Waals surface area contributed by atoms with E-state index in [1.54, 1.807) is 6.26 Å². The van der Waals surface area contributed by atoms with E-state index in [9.17, 15) is 0 Å². The second-order valence-corrected chi connectivity index (χ2v) is 4.84. The molecule has 0 radical (unpaired) electrons. The van der Waals surface area contributed by atoms with Crippen LogP contribution in [0, 0.1) is 5.92 Å². The number of nitrogens with two attached hydrogens (primary N) is 1. The summed E-state index contributed by atoms with van der Waals surface area (Å²) >= 11 is 0. The average molecular weight is 247 g/mol. The summed E-state index contributed by atoms with van der Waals surface area (Å²) in [5.41, 5.74) is 7.16. The molecule has 1 aliphatic heterocycles. The van der Waals surface area contributed by atoms with Gasteiger partial charge in [0.1, 0.15) is 6.23 Å². The topological polar surface area (TPSA) is 44.5 Å². The van der Waals surface area contributed by atoms with Crippen LogP contribution in [0.15, 0.2) is 47.7 Å². The molecule has 18 heavy (non-hydrogen) atoms. The fourth-order valence-electron chi connectivity index (χ4n) is 2.03. The quantitative estimate of drug-likeness (QED) is 0.758. The van der Waals surface area contributed by atoms with Crippen molar-refractivity contribution < 1.29 is 9.47 Å². The lowest BCUT2D eigenvalue weighted by Gasteiger charge is -2.24. The van der Waals surface area contributed by atoms with Crippen LogP contribution in [0.1, 0.15) is 33.1 Å². The minimum absolute atomic E-state index is 0.277. The second-order valence-electron chi connectivity index (χ2n) is 4.84. The zero-order chi connectivity index (χ0) is 13.0. The van der Waals surface area contributed by atoms with Gasteiger partial charge in [-0.3, -0.25) is 5.73 Å². The monoisotopic (exact) mass is 247 g/mol. The Morgan fingerprint density at radius 2 is 2.33 bits per heavy atom. The van der Waals surface area contributed by atoms with Crippen molar-refractivity contribution in [2.75, 3.05) is 0 Å². The SMILES string of the molecule is CCC(C)CC(N)OC1=C2OC=CC=C2CC=C1. The van der Waals surface area contributed by atoms with Crippen LogP contribution in [-0.2, 0) is 9.47 Å². The van der Waals surface area contributed by atoms with Crippen molar-refractivity contribution in [2.24, 2.45) is 11.7 Å². The van der Waals surface area contributed by atoms with Gasteiger partial charge in [0.2, 0.25) is 0 Å². The van der Waals surface area contributed by atoms with Gasteiger partial charge in [-0.15, -0.1) is 0 Å². The largest absolute Gasteiger partial charge is 0.472 e. The lowest BCUT2D eigenvalue weighted by molar-refractivity contribution is 0.0965. The molecule has 0 spiro atoms.